The number of rotatable bonds is 7. The van der Waals surface area contributed by atoms with Crippen molar-refractivity contribution in [1.29, 1.82) is 0 Å². The highest BCUT2D eigenvalue weighted by Gasteiger charge is 2.15. The number of thiophene rings is 1. The van der Waals surface area contributed by atoms with Gasteiger partial charge in [0.1, 0.15) is 11.3 Å². The third kappa shape index (κ3) is 4.53. The van der Waals surface area contributed by atoms with Crippen LogP contribution < -0.4 is 21.3 Å². The van der Waals surface area contributed by atoms with Gasteiger partial charge in [-0.1, -0.05) is 18.2 Å². The molecular weight excluding hydrogens is 366 g/mol. The van der Waals surface area contributed by atoms with E-state index in [4.69, 9.17) is 4.74 Å². The first kappa shape index (κ1) is 18.7. The lowest BCUT2D eigenvalue weighted by Gasteiger charge is -2.08. The smallest absolute Gasteiger partial charge is 0.328 e. The van der Waals surface area contributed by atoms with Gasteiger partial charge in [-0.15, -0.1) is 11.3 Å². The standard InChI is InChI=1S/C19H19N3O4S/c1-26-14-6-4-13(5-7-14)8-9-20-17(23)16-11-21-19(25)22(18(16)24)12-15-3-2-10-27-15/h2-7,10-11H,8-9,12H2,1H3,(H,20,23)(H,21,25). The molecule has 0 aliphatic carbocycles. The van der Waals surface area contributed by atoms with E-state index in [0.29, 0.717) is 13.0 Å². The van der Waals surface area contributed by atoms with Crippen LogP contribution in [0.15, 0.2) is 57.6 Å². The Bertz CT molecular complexity index is 1020. The average molecular weight is 385 g/mol. The molecule has 27 heavy (non-hydrogen) atoms. The first-order chi connectivity index (χ1) is 13.1. The lowest BCUT2D eigenvalue weighted by atomic mass is 10.1. The molecule has 1 aromatic carbocycles. The van der Waals surface area contributed by atoms with Gasteiger partial charge in [-0.3, -0.25) is 14.2 Å². The maximum Gasteiger partial charge on any atom is 0.328 e. The molecule has 0 bridgehead atoms. The van der Waals surface area contributed by atoms with Gasteiger partial charge >= 0.3 is 5.69 Å². The Hall–Kier alpha value is -3.13. The number of carbonyl (C=O) groups is 1. The second-order valence-electron chi connectivity index (χ2n) is 5.83. The number of hydrogen-bond acceptors (Lipinski definition) is 5. The summed E-state index contributed by atoms with van der Waals surface area (Å²) < 4.78 is 6.14. The van der Waals surface area contributed by atoms with Crippen molar-refractivity contribution in [3.05, 3.63) is 84.8 Å². The van der Waals surface area contributed by atoms with Gasteiger partial charge in [0.25, 0.3) is 11.5 Å². The molecule has 0 atom stereocenters. The topological polar surface area (TPSA) is 93.2 Å². The van der Waals surface area contributed by atoms with Gasteiger partial charge in [0.05, 0.1) is 13.7 Å². The number of hydrogen-bond donors (Lipinski definition) is 2. The summed E-state index contributed by atoms with van der Waals surface area (Å²) in [5, 5.41) is 4.58. The molecule has 0 saturated heterocycles. The number of aromatic nitrogens is 2. The van der Waals surface area contributed by atoms with Gasteiger partial charge in [0.15, 0.2) is 0 Å². The second kappa shape index (κ2) is 8.50. The molecule has 3 aromatic rings. The van der Waals surface area contributed by atoms with E-state index in [9.17, 15) is 14.4 Å². The quantitative estimate of drug-likeness (QED) is 0.646. The van der Waals surface area contributed by atoms with Crippen molar-refractivity contribution in [2.75, 3.05) is 13.7 Å². The maximum atomic E-state index is 12.5. The fourth-order valence-corrected chi connectivity index (χ4v) is 3.28. The van der Waals surface area contributed by atoms with Crippen LogP contribution >= 0.6 is 11.3 Å². The van der Waals surface area contributed by atoms with Crippen LogP contribution in [0.25, 0.3) is 0 Å². The van der Waals surface area contributed by atoms with E-state index in [-0.39, 0.29) is 12.1 Å². The Morgan fingerprint density at radius 2 is 2.00 bits per heavy atom. The molecule has 2 aromatic heterocycles. The Kier molecular flexibility index (Phi) is 5.87. The first-order valence-corrected chi connectivity index (χ1v) is 9.22. The van der Waals surface area contributed by atoms with Gasteiger partial charge in [0.2, 0.25) is 0 Å². The van der Waals surface area contributed by atoms with Crippen LogP contribution in [-0.2, 0) is 13.0 Å². The van der Waals surface area contributed by atoms with E-state index >= 15 is 0 Å². The molecule has 0 fully saturated rings. The Morgan fingerprint density at radius 1 is 1.22 bits per heavy atom. The zero-order valence-electron chi connectivity index (χ0n) is 14.7. The molecule has 7 nitrogen and oxygen atoms in total. The molecule has 0 unspecified atom stereocenters. The fraction of sp³-hybridized carbons (Fsp3) is 0.211. The van der Waals surface area contributed by atoms with E-state index in [1.54, 1.807) is 7.11 Å². The lowest BCUT2D eigenvalue weighted by molar-refractivity contribution is 0.0951. The van der Waals surface area contributed by atoms with E-state index in [1.807, 2.05) is 41.8 Å². The number of nitrogens with zero attached hydrogens (tertiary/aromatic N) is 1. The molecule has 0 saturated carbocycles. The molecule has 1 amide bonds. The molecule has 0 aliphatic rings. The average Bonchev–Trinajstić information content (AvgIpc) is 3.19. The molecular formula is C19H19N3O4S. The van der Waals surface area contributed by atoms with E-state index in [2.05, 4.69) is 10.3 Å². The summed E-state index contributed by atoms with van der Waals surface area (Å²) in [6.45, 7) is 0.507. The van der Waals surface area contributed by atoms with Crippen LogP contribution in [0.2, 0.25) is 0 Å². The SMILES string of the molecule is COc1ccc(CCNC(=O)c2c[nH]c(=O)n(Cc3cccs3)c2=O)cc1. The predicted molar refractivity (Wildman–Crippen MR) is 104 cm³/mol. The Morgan fingerprint density at radius 3 is 2.67 bits per heavy atom. The highest BCUT2D eigenvalue weighted by molar-refractivity contribution is 7.09. The van der Waals surface area contributed by atoms with Crippen LogP contribution in [0.1, 0.15) is 20.8 Å². The summed E-state index contributed by atoms with van der Waals surface area (Å²) in [5.74, 6) is 0.256. The fourth-order valence-electron chi connectivity index (χ4n) is 2.58. The molecule has 0 radical (unpaired) electrons. The van der Waals surface area contributed by atoms with Crippen molar-refractivity contribution < 1.29 is 9.53 Å². The van der Waals surface area contributed by atoms with E-state index in [0.717, 1.165) is 27.0 Å². The number of methoxy groups -OCH3 is 1. The van der Waals surface area contributed by atoms with Crippen molar-refractivity contribution in [1.82, 2.24) is 14.9 Å². The minimum Gasteiger partial charge on any atom is -0.497 e. The van der Waals surface area contributed by atoms with E-state index < -0.39 is 17.2 Å². The van der Waals surface area contributed by atoms with Gasteiger partial charge in [-0.2, -0.15) is 0 Å². The highest BCUT2D eigenvalue weighted by atomic mass is 32.1. The van der Waals surface area contributed by atoms with Crippen molar-refractivity contribution in [3.8, 4) is 5.75 Å². The molecule has 140 valence electrons. The molecule has 2 heterocycles. The summed E-state index contributed by atoms with van der Waals surface area (Å²) in [4.78, 5) is 40.2. The van der Waals surface area contributed by atoms with Gasteiger partial charge < -0.3 is 15.0 Å². The number of aromatic amines is 1. The molecule has 8 heteroatoms. The molecule has 0 spiro atoms. The zero-order valence-corrected chi connectivity index (χ0v) is 15.5. The minimum absolute atomic E-state index is 0.0825. The normalized spacial score (nSPS) is 10.6. The van der Waals surface area contributed by atoms with E-state index in [1.165, 1.54) is 11.3 Å². The zero-order chi connectivity index (χ0) is 19.2. The van der Waals surface area contributed by atoms with Gasteiger partial charge in [-0.25, -0.2) is 4.79 Å². The molecule has 3 rings (SSSR count). The number of amides is 1. The number of nitrogens with one attached hydrogen (secondary N) is 2. The first-order valence-electron chi connectivity index (χ1n) is 8.34. The van der Waals surface area contributed by atoms with Crippen molar-refractivity contribution in [3.63, 3.8) is 0 Å². The Labute approximate surface area is 159 Å². The van der Waals surface area contributed by atoms with Crippen molar-refractivity contribution in [2.24, 2.45) is 0 Å². The second-order valence-corrected chi connectivity index (χ2v) is 6.86. The lowest BCUT2D eigenvalue weighted by Crippen LogP contribution is -2.41. The minimum atomic E-state index is -0.603. The van der Waals surface area contributed by atoms with Gasteiger partial charge in [-0.05, 0) is 35.6 Å². The molecule has 2 N–H and O–H groups in total. The largest absolute Gasteiger partial charge is 0.497 e. The monoisotopic (exact) mass is 385 g/mol. The third-order valence-corrected chi connectivity index (χ3v) is 4.92. The van der Waals surface area contributed by atoms with Crippen molar-refractivity contribution in [2.45, 2.75) is 13.0 Å². The van der Waals surface area contributed by atoms with Crippen molar-refractivity contribution >= 4 is 17.2 Å². The van der Waals surface area contributed by atoms with Crippen LogP contribution in [0.4, 0.5) is 0 Å². The van der Waals surface area contributed by atoms with Gasteiger partial charge in [0, 0.05) is 17.6 Å². The summed E-state index contributed by atoms with van der Waals surface area (Å²) in [7, 11) is 1.60. The van der Waals surface area contributed by atoms with Crippen LogP contribution in [0.3, 0.4) is 0 Å². The summed E-state index contributed by atoms with van der Waals surface area (Å²) >= 11 is 1.44. The summed E-state index contributed by atoms with van der Waals surface area (Å²) in [6, 6.07) is 11.2. The van der Waals surface area contributed by atoms with Crippen LogP contribution in [0, 0.1) is 0 Å². The van der Waals surface area contributed by atoms with Crippen LogP contribution in [-0.4, -0.2) is 29.1 Å². The summed E-state index contributed by atoms with van der Waals surface area (Å²) in [6.07, 6.45) is 1.78. The number of H-pyrrole nitrogens is 1. The predicted octanol–water partition coefficient (Wildman–Crippen LogP) is 1.63. The Balaban J connectivity index is 1.67. The third-order valence-electron chi connectivity index (χ3n) is 4.06. The number of carbonyl (C=O) groups excluding carboxylic acids is 1. The summed E-state index contributed by atoms with van der Waals surface area (Å²) in [5.41, 5.74) is -0.189. The molecule has 0 aliphatic heterocycles. The highest BCUT2D eigenvalue weighted by Crippen LogP contribution is 2.11. The van der Waals surface area contributed by atoms with Crippen LogP contribution in [0.5, 0.6) is 5.75 Å². The maximum absolute atomic E-state index is 12.5. The number of benzene rings is 1. The number of ether oxygens (including phenoxy) is 1.